The molecule has 2 saturated carbocycles. The van der Waals surface area contributed by atoms with Crippen LogP contribution in [0.4, 0.5) is 4.39 Å². The van der Waals surface area contributed by atoms with Crippen molar-refractivity contribution < 1.29 is 19.1 Å². The van der Waals surface area contributed by atoms with Gasteiger partial charge in [-0.1, -0.05) is 41.4 Å². The lowest BCUT2D eigenvalue weighted by Gasteiger charge is -2.55. The molecule has 0 amide bonds. The Bertz CT molecular complexity index is 744. The van der Waals surface area contributed by atoms with Gasteiger partial charge >= 0.3 is 0 Å². The third kappa shape index (κ3) is 2.19. The number of fused-ring (bicyclic) bond motifs is 5. The molecular formula is C21H26BrFO3. The molecule has 0 saturated heterocycles. The minimum absolute atomic E-state index is 0.0259. The lowest BCUT2D eigenvalue weighted by Crippen LogP contribution is -2.55. The number of Topliss-reactive ketones (excluding diaryl/α,β-unsaturated/α-hetero) is 1. The maximum atomic E-state index is 15.1. The Hall–Kier alpha value is -0.810. The van der Waals surface area contributed by atoms with E-state index in [9.17, 15) is 14.7 Å². The maximum absolute atomic E-state index is 15.1. The standard InChI is InChI=1S/C21H26BrFO3/c1-19-6-3-12(24)9-16(19)17(23)10-13-14(19)4-7-20(2)15(13)5-8-21(20,26)18(25)11-22/h4,9,13,15,17,26H,3,5-8,10-11H2,1-2H3/t13-,15+,17+,19-,20+,21+/m1/s1. The van der Waals surface area contributed by atoms with Crippen LogP contribution in [0.15, 0.2) is 23.3 Å². The van der Waals surface area contributed by atoms with E-state index in [4.69, 9.17) is 0 Å². The number of aliphatic hydroxyl groups is 1. The smallest absolute Gasteiger partial charge is 0.175 e. The lowest BCUT2D eigenvalue weighted by molar-refractivity contribution is -0.150. The zero-order chi connectivity index (χ0) is 18.9. The predicted molar refractivity (Wildman–Crippen MR) is 101 cm³/mol. The van der Waals surface area contributed by atoms with Gasteiger partial charge in [0.15, 0.2) is 11.6 Å². The second-order valence-electron chi connectivity index (χ2n) is 9.05. The van der Waals surface area contributed by atoms with Crippen LogP contribution in [0.3, 0.4) is 0 Å². The molecule has 0 spiro atoms. The van der Waals surface area contributed by atoms with Crippen molar-refractivity contribution in [3.8, 4) is 0 Å². The fourth-order valence-corrected chi connectivity index (χ4v) is 6.91. The summed E-state index contributed by atoms with van der Waals surface area (Å²) in [5, 5.41) is 11.4. The van der Waals surface area contributed by atoms with Crippen LogP contribution in [0.1, 0.15) is 52.4 Å². The number of ketones is 2. The van der Waals surface area contributed by atoms with Crippen molar-refractivity contribution in [1.29, 1.82) is 0 Å². The Kier molecular flexibility index (Phi) is 4.17. The highest BCUT2D eigenvalue weighted by Crippen LogP contribution is 2.65. The van der Waals surface area contributed by atoms with Crippen LogP contribution in [0.25, 0.3) is 0 Å². The van der Waals surface area contributed by atoms with Gasteiger partial charge in [0, 0.05) is 17.3 Å². The number of hydrogen-bond donors (Lipinski definition) is 1. The fourth-order valence-electron chi connectivity index (χ4n) is 6.44. The Morgan fingerprint density at radius 3 is 2.77 bits per heavy atom. The van der Waals surface area contributed by atoms with Gasteiger partial charge in [0.05, 0.1) is 5.33 Å². The molecule has 3 nitrogen and oxygen atoms in total. The van der Waals surface area contributed by atoms with E-state index in [2.05, 4.69) is 28.9 Å². The van der Waals surface area contributed by atoms with Gasteiger partial charge in [0.1, 0.15) is 11.8 Å². The largest absolute Gasteiger partial charge is 0.381 e. The fraction of sp³-hybridized carbons (Fsp3) is 0.714. The molecule has 0 aliphatic heterocycles. The predicted octanol–water partition coefficient (Wildman–Crippen LogP) is 4.08. The number of halogens is 2. The molecule has 0 heterocycles. The van der Waals surface area contributed by atoms with E-state index in [1.54, 1.807) is 6.08 Å². The van der Waals surface area contributed by atoms with E-state index in [1.165, 1.54) is 5.57 Å². The van der Waals surface area contributed by atoms with Gasteiger partial charge in [0.2, 0.25) is 0 Å². The summed E-state index contributed by atoms with van der Waals surface area (Å²) in [5.41, 5.74) is -0.395. The molecule has 0 unspecified atom stereocenters. The van der Waals surface area contributed by atoms with Crippen LogP contribution in [0, 0.1) is 22.7 Å². The molecule has 0 aromatic heterocycles. The number of rotatable bonds is 2. The summed E-state index contributed by atoms with van der Waals surface area (Å²) in [6.45, 7) is 4.08. The van der Waals surface area contributed by atoms with Crippen LogP contribution >= 0.6 is 15.9 Å². The maximum Gasteiger partial charge on any atom is 0.175 e. The third-order valence-corrected chi connectivity index (χ3v) is 8.56. The summed E-state index contributed by atoms with van der Waals surface area (Å²) >= 11 is 3.21. The Morgan fingerprint density at radius 1 is 1.35 bits per heavy atom. The Labute approximate surface area is 162 Å². The van der Waals surface area contributed by atoms with E-state index in [0.29, 0.717) is 37.7 Å². The average molecular weight is 425 g/mol. The van der Waals surface area contributed by atoms with Gasteiger partial charge in [-0.15, -0.1) is 0 Å². The zero-order valence-electron chi connectivity index (χ0n) is 15.4. The lowest BCUT2D eigenvalue weighted by atomic mass is 9.50. The van der Waals surface area contributed by atoms with E-state index >= 15 is 4.39 Å². The highest BCUT2D eigenvalue weighted by molar-refractivity contribution is 9.09. The highest BCUT2D eigenvalue weighted by Gasteiger charge is 2.64. The molecule has 2 fully saturated rings. The zero-order valence-corrected chi connectivity index (χ0v) is 16.9. The topological polar surface area (TPSA) is 54.4 Å². The molecule has 4 aliphatic rings. The van der Waals surface area contributed by atoms with Crippen LogP contribution in [0.5, 0.6) is 0 Å². The first-order valence-corrected chi connectivity index (χ1v) is 10.7. The van der Waals surface area contributed by atoms with Crippen molar-refractivity contribution in [2.75, 3.05) is 5.33 Å². The van der Waals surface area contributed by atoms with E-state index in [0.717, 1.165) is 6.42 Å². The molecule has 6 atom stereocenters. The van der Waals surface area contributed by atoms with Crippen LogP contribution in [0.2, 0.25) is 0 Å². The van der Waals surface area contributed by atoms with Gasteiger partial charge in [-0.3, -0.25) is 9.59 Å². The van der Waals surface area contributed by atoms with Gasteiger partial charge < -0.3 is 5.11 Å². The van der Waals surface area contributed by atoms with E-state index in [1.807, 2.05) is 6.92 Å². The van der Waals surface area contributed by atoms with Crippen molar-refractivity contribution in [1.82, 2.24) is 0 Å². The van der Waals surface area contributed by atoms with Crippen LogP contribution in [-0.2, 0) is 9.59 Å². The second kappa shape index (κ2) is 5.84. The molecule has 5 heteroatoms. The number of allylic oxidation sites excluding steroid dienone is 4. The summed E-state index contributed by atoms with van der Waals surface area (Å²) in [6, 6.07) is 0. The Balaban J connectivity index is 1.79. The molecule has 0 aromatic rings. The number of carbonyl (C=O) groups excluding carboxylic acids is 2. The molecule has 4 rings (SSSR count). The van der Waals surface area contributed by atoms with E-state index < -0.39 is 22.6 Å². The van der Waals surface area contributed by atoms with Gasteiger partial charge in [-0.25, -0.2) is 4.39 Å². The molecule has 142 valence electrons. The summed E-state index contributed by atoms with van der Waals surface area (Å²) in [5.74, 6) is 0.000931. The second-order valence-corrected chi connectivity index (χ2v) is 9.61. The molecule has 4 aliphatic carbocycles. The first-order valence-electron chi connectivity index (χ1n) is 9.58. The average Bonchev–Trinajstić information content (AvgIpc) is 2.88. The van der Waals surface area contributed by atoms with Crippen LogP contribution in [-0.4, -0.2) is 33.8 Å². The van der Waals surface area contributed by atoms with Gasteiger partial charge in [0.25, 0.3) is 0 Å². The molecule has 0 aromatic carbocycles. The first kappa shape index (κ1) is 18.5. The number of alkyl halides is 2. The van der Waals surface area contributed by atoms with Gasteiger partial charge in [-0.2, -0.15) is 0 Å². The van der Waals surface area contributed by atoms with Gasteiger partial charge in [-0.05, 0) is 55.6 Å². The monoisotopic (exact) mass is 424 g/mol. The summed E-state index contributed by atoms with van der Waals surface area (Å²) in [6.07, 6.45) is 5.90. The third-order valence-electron chi connectivity index (χ3n) is 8.05. The molecule has 0 radical (unpaired) electrons. The van der Waals surface area contributed by atoms with Crippen molar-refractivity contribution in [3.05, 3.63) is 23.3 Å². The van der Waals surface area contributed by atoms with Crippen molar-refractivity contribution in [2.24, 2.45) is 22.7 Å². The van der Waals surface area contributed by atoms with Crippen molar-refractivity contribution in [2.45, 2.75) is 64.1 Å². The normalized spacial score (nSPS) is 47.4. The highest BCUT2D eigenvalue weighted by atomic mass is 79.9. The summed E-state index contributed by atoms with van der Waals surface area (Å²) in [4.78, 5) is 24.4. The van der Waals surface area contributed by atoms with Crippen molar-refractivity contribution in [3.63, 3.8) is 0 Å². The summed E-state index contributed by atoms with van der Waals surface area (Å²) in [7, 11) is 0. The van der Waals surface area contributed by atoms with Crippen molar-refractivity contribution >= 4 is 27.5 Å². The molecule has 26 heavy (non-hydrogen) atoms. The minimum Gasteiger partial charge on any atom is -0.381 e. The molecule has 0 bridgehead atoms. The molecule has 1 N–H and O–H groups in total. The van der Waals surface area contributed by atoms with E-state index in [-0.39, 0.29) is 28.7 Å². The summed E-state index contributed by atoms with van der Waals surface area (Å²) < 4.78 is 15.1. The molecular weight excluding hydrogens is 399 g/mol. The SMILES string of the molecule is C[C@]12CCC(=O)C=C1[C@@H](F)C[C@@H]1C2=CC[C@@]2(C)[C@H]1CC[C@]2(O)C(=O)CBr. The number of hydrogen-bond acceptors (Lipinski definition) is 3. The Morgan fingerprint density at radius 2 is 2.08 bits per heavy atom. The number of carbonyl (C=O) groups is 2. The first-order chi connectivity index (χ1) is 12.2. The van der Waals surface area contributed by atoms with Crippen LogP contribution < -0.4 is 0 Å². The quantitative estimate of drug-likeness (QED) is 0.536. The minimum atomic E-state index is -1.34.